The van der Waals surface area contributed by atoms with Crippen LogP contribution in [0.15, 0.2) is 24.4 Å². The Morgan fingerprint density at radius 2 is 2.36 bits per heavy atom. The predicted octanol–water partition coefficient (Wildman–Crippen LogP) is 0.663. The molecule has 11 heavy (non-hydrogen) atoms. The number of carbonyl (C=O) groups excluding carboxylic acids is 1. The topological polar surface area (TPSA) is 30.2 Å². The van der Waals surface area contributed by atoms with Gasteiger partial charge in [-0.3, -0.25) is 0 Å². The molecule has 0 aromatic carbocycles. The summed E-state index contributed by atoms with van der Waals surface area (Å²) in [5, 5.41) is 0. The number of esters is 1. The lowest BCUT2D eigenvalue weighted by molar-refractivity contribution is -0.739. The fourth-order valence-electron chi connectivity index (χ4n) is 1.22. The SMILES string of the molecule is CC1OC(=O)c2cccc[n+]21. The van der Waals surface area contributed by atoms with E-state index in [4.69, 9.17) is 4.74 Å². The predicted molar refractivity (Wildman–Crippen MR) is 36.8 cm³/mol. The highest BCUT2D eigenvalue weighted by Gasteiger charge is 2.34. The molecule has 0 fully saturated rings. The molecule has 1 aromatic rings. The molecule has 2 rings (SSSR count). The van der Waals surface area contributed by atoms with Crippen LogP contribution in [0.1, 0.15) is 23.6 Å². The van der Waals surface area contributed by atoms with Crippen LogP contribution in [0.4, 0.5) is 0 Å². The molecule has 1 aromatic heterocycles. The Labute approximate surface area is 64.2 Å². The molecule has 0 bridgehead atoms. The lowest BCUT2D eigenvalue weighted by Gasteiger charge is -1.93. The maximum atomic E-state index is 11.0. The number of carbonyl (C=O) groups is 1. The molecule has 3 heteroatoms. The van der Waals surface area contributed by atoms with Gasteiger partial charge in [0.05, 0.1) is 0 Å². The minimum absolute atomic E-state index is 0.154. The number of cyclic esters (lactones) is 1. The van der Waals surface area contributed by atoms with E-state index in [0.717, 1.165) is 0 Å². The van der Waals surface area contributed by atoms with E-state index < -0.39 is 0 Å². The first-order chi connectivity index (χ1) is 5.29. The van der Waals surface area contributed by atoms with E-state index in [1.54, 1.807) is 6.07 Å². The van der Waals surface area contributed by atoms with Crippen molar-refractivity contribution >= 4 is 5.97 Å². The van der Waals surface area contributed by atoms with Crippen LogP contribution in [0.25, 0.3) is 0 Å². The average Bonchev–Trinajstić information content (AvgIpc) is 2.30. The second kappa shape index (κ2) is 2.05. The van der Waals surface area contributed by atoms with Gasteiger partial charge in [-0.05, 0) is 6.07 Å². The van der Waals surface area contributed by atoms with Crippen LogP contribution in [0, 0.1) is 0 Å². The van der Waals surface area contributed by atoms with Gasteiger partial charge in [-0.2, -0.15) is 4.57 Å². The molecule has 3 nitrogen and oxygen atoms in total. The van der Waals surface area contributed by atoms with Gasteiger partial charge < -0.3 is 4.74 Å². The Morgan fingerprint density at radius 1 is 1.55 bits per heavy atom. The van der Waals surface area contributed by atoms with Crippen LogP contribution < -0.4 is 4.57 Å². The smallest absolute Gasteiger partial charge is 0.395 e. The highest BCUT2D eigenvalue weighted by atomic mass is 16.6. The molecule has 1 atom stereocenters. The number of aromatic nitrogens is 1. The van der Waals surface area contributed by atoms with Crippen molar-refractivity contribution in [3.63, 3.8) is 0 Å². The Bertz CT molecular complexity index is 309. The Hall–Kier alpha value is -1.38. The van der Waals surface area contributed by atoms with E-state index in [1.807, 2.05) is 29.8 Å². The molecule has 0 aliphatic carbocycles. The van der Waals surface area contributed by atoms with Gasteiger partial charge >= 0.3 is 12.2 Å². The summed E-state index contributed by atoms with van der Waals surface area (Å²) < 4.78 is 6.76. The standard InChI is InChI=1S/C8H8NO2/c1-6-9-5-3-2-4-7(9)8(10)11-6/h2-6H,1H3/q+1. The zero-order chi connectivity index (χ0) is 7.84. The number of pyridine rings is 1. The molecule has 0 spiro atoms. The van der Waals surface area contributed by atoms with Gasteiger partial charge in [-0.15, -0.1) is 0 Å². The van der Waals surface area contributed by atoms with E-state index in [2.05, 4.69) is 0 Å². The zero-order valence-electron chi connectivity index (χ0n) is 6.15. The van der Waals surface area contributed by atoms with Gasteiger partial charge in [-0.1, -0.05) is 0 Å². The van der Waals surface area contributed by atoms with Gasteiger partial charge in [0.25, 0.3) is 5.69 Å². The first-order valence-electron chi connectivity index (χ1n) is 3.50. The molecule has 0 saturated carbocycles. The molecular formula is C8H8NO2+. The monoisotopic (exact) mass is 150 g/mol. The number of hydrogen-bond donors (Lipinski definition) is 0. The fraction of sp³-hybridized carbons (Fsp3) is 0.250. The van der Waals surface area contributed by atoms with E-state index in [9.17, 15) is 4.79 Å². The normalized spacial score (nSPS) is 21.2. The summed E-state index contributed by atoms with van der Waals surface area (Å²) in [6, 6.07) is 5.46. The van der Waals surface area contributed by atoms with Crippen molar-refractivity contribution in [2.45, 2.75) is 13.2 Å². The van der Waals surface area contributed by atoms with E-state index in [-0.39, 0.29) is 12.2 Å². The van der Waals surface area contributed by atoms with Crippen molar-refractivity contribution in [1.82, 2.24) is 0 Å². The highest BCUT2D eigenvalue weighted by molar-refractivity contribution is 5.86. The summed E-state index contributed by atoms with van der Waals surface area (Å²) in [6.07, 6.45) is 1.68. The van der Waals surface area contributed by atoms with Crippen LogP contribution in [0.5, 0.6) is 0 Å². The van der Waals surface area contributed by atoms with Crippen molar-refractivity contribution < 1.29 is 14.1 Å². The van der Waals surface area contributed by atoms with Crippen molar-refractivity contribution in [2.75, 3.05) is 0 Å². The highest BCUT2D eigenvalue weighted by Crippen LogP contribution is 2.11. The molecule has 1 aliphatic rings. The fourth-order valence-corrected chi connectivity index (χ4v) is 1.22. The largest absolute Gasteiger partial charge is 0.408 e. The maximum Gasteiger partial charge on any atom is 0.408 e. The van der Waals surface area contributed by atoms with E-state index >= 15 is 0 Å². The van der Waals surface area contributed by atoms with Crippen LogP contribution in [-0.2, 0) is 4.74 Å². The van der Waals surface area contributed by atoms with Gasteiger partial charge in [0.2, 0.25) is 0 Å². The van der Waals surface area contributed by atoms with Gasteiger partial charge in [0, 0.05) is 19.1 Å². The summed E-state index contributed by atoms with van der Waals surface area (Å²) in [6.45, 7) is 1.84. The molecule has 2 heterocycles. The molecule has 0 N–H and O–H groups in total. The molecule has 0 saturated heterocycles. The third-order valence-corrected chi connectivity index (χ3v) is 1.77. The number of fused-ring (bicyclic) bond motifs is 1. The van der Waals surface area contributed by atoms with Crippen LogP contribution in [0.2, 0.25) is 0 Å². The molecule has 56 valence electrons. The average molecular weight is 150 g/mol. The molecule has 0 amide bonds. The zero-order valence-corrected chi connectivity index (χ0v) is 6.15. The first kappa shape index (κ1) is 6.34. The summed E-state index contributed by atoms with van der Waals surface area (Å²) in [5.41, 5.74) is 0.625. The third kappa shape index (κ3) is 0.808. The summed E-state index contributed by atoms with van der Waals surface area (Å²) in [5.74, 6) is -0.238. The van der Waals surface area contributed by atoms with Crippen molar-refractivity contribution in [3.8, 4) is 0 Å². The second-order valence-corrected chi connectivity index (χ2v) is 2.50. The summed E-state index contributed by atoms with van der Waals surface area (Å²) in [7, 11) is 0. The van der Waals surface area contributed by atoms with E-state index in [1.165, 1.54) is 0 Å². The minimum atomic E-state index is -0.238. The molecular weight excluding hydrogens is 142 g/mol. The van der Waals surface area contributed by atoms with Crippen LogP contribution >= 0.6 is 0 Å². The number of hydrogen-bond acceptors (Lipinski definition) is 2. The Morgan fingerprint density at radius 3 is 3.09 bits per heavy atom. The minimum Gasteiger partial charge on any atom is -0.395 e. The lowest BCUT2D eigenvalue weighted by atomic mass is 10.3. The van der Waals surface area contributed by atoms with Gasteiger partial charge in [-0.25, -0.2) is 4.79 Å². The summed E-state index contributed by atoms with van der Waals surface area (Å²) >= 11 is 0. The summed E-state index contributed by atoms with van der Waals surface area (Å²) in [4.78, 5) is 11.0. The Kier molecular flexibility index (Phi) is 1.18. The van der Waals surface area contributed by atoms with Gasteiger partial charge in [0.15, 0.2) is 6.20 Å². The number of ether oxygens (including phenoxy) is 1. The number of rotatable bonds is 0. The first-order valence-corrected chi connectivity index (χ1v) is 3.50. The quantitative estimate of drug-likeness (QED) is 0.402. The lowest BCUT2D eigenvalue weighted by Crippen LogP contribution is -2.36. The van der Waals surface area contributed by atoms with E-state index in [0.29, 0.717) is 5.69 Å². The van der Waals surface area contributed by atoms with Crippen LogP contribution in [0.3, 0.4) is 0 Å². The maximum absolute atomic E-state index is 11.0. The molecule has 1 aliphatic heterocycles. The third-order valence-electron chi connectivity index (χ3n) is 1.77. The van der Waals surface area contributed by atoms with Crippen molar-refractivity contribution in [3.05, 3.63) is 30.1 Å². The Balaban J connectivity index is 2.60. The van der Waals surface area contributed by atoms with Gasteiger partial charge in [0.1, 0.15) is 0 Å². The van der Waals surface area contributed by atoms with Crippen LogP contribution in [-0.4, -0.2) is 5.97 Å². The molecule has 0 radical (unpaired) electrons. The van der Waals surface area contributed by atoms with Crippen molar-refractivity contribution in [2.24, 2.45) is 0 Å². The van der Waals surface area contributed by atoms with Crippen molar-refractivity contribution in [1.29, 1.82) is 0 Å². The number of nitrogens with zero attached hydrogens (tertiary/aromatic N) is 1. The molecule has 1 unspecified atom stereocenters. The second-order valence-electron chi connectivity index (χ2n) is 2.50.